The minimum atomic E-state index is 0.408. The molecule has 0 atom stereocenters. The van der Waals surface area contributed by atoms with Gasteiger partial charge in [0.05, 0.1) is 18.0 Å². The van der Waals surface area contributed by atoms with Crippen molar-refractivity contribution in [2.75, 3.05) is 7.11 Å². The zero-order chi connectivity index (χ0) is 13.8. The van der Waals surface area contributed by atoms with E-state index in [-0.39, 0.29) is 0 Å². The summed E-state index contributed by atoms with van der Waals surface area (Å²) in [6, 6.07) is 15.6. The van der Waals surface area contributed by atoms with Gasteiger partial charge in [0.2, 0.25) is 5.88 Å². The van der Waals surface area contributed by atoms with E-state index in [0.29, 0.717) is 12.5 Å². The average Bonchev–Trinajstić information content (AvgIpc) is 2.53. The Morgan fingerprint density at radius 2 is 1.75 bits per heavy atom. The Morgan fingerprint density at radius 3 is 2.65 bits per heavy atom. The molecule has 0 saturated heterocycles. The topological polar surface area (TPSA) is 44.2 Å². The van der Waals surface area contributed by atoms with Gasteiger partial charge in [-0.25, -0.2) is 9.97 Å². The zero-order valence-corrected chi connectivity index (χ0v) is 11.1. The second-order valence-corrected chi connectivity index (χ2v) is 4.30. The molecular weight excluding hydrogens is 252 g/mol. The fraction of sp³-hybridized carbons (Fsp3) is 0.125. The second-order valence-electron chi connectivity index (χ2n) is 4.30. The number of hydrogen-bond donors (Lipinski definition) is 0. The molecule has 20 heavy (non-hydrogen) atoms. The Bertz CT molecular complexity index is 723. The van der Waals surface area contributed by atoms with Gasteiger partial charge in [-0.1, -0.05) is 30.3 Å². The third-order valence-electron chi connectivity index (χ3n) is 3.06. The molecule has 0 N–H and O–H groups in total. The van der Waals surface area contributed by atoms with Gasteiger partial charge in [-0.15, -0.1) is 0 Å². The number of benzene rings is 2. The highest BCUT2D eigenvalue weighted by atomic mass is 16.5. The van der Waals surface area contributed by atoms with Gasteiger partial charge in [0, 0.05) is 5.56 Å². The molecule has 0 aliphatic carbocycles. The van der Waals surface area contributed by atoms with Crippen LogP contribution in [-0.4, -0.2) is 17.1 Å². The molecule has 100 valence electrons. The SMILES string of the molecule is COc1ccccc1COc1ncnc2ccccc12. The highest BCUT2D eigenvalue weighted by molar-refractivity contribution is 5.82. The monoisotopic (exact) mass is 266 g/mol. The van der Waals surface area contributed by atoms with Crippen LogP contribution in [0, 0.1) is 0 Å². The van der Waals surface area contributed by atoms with Crippen molar-refractivity contribution in [1.82, 2.24) is 9.97 Å². The largest absolute Gasteiger partial charge is 0.496 e. The highest BCUT2D eigenvalue weighted by Crippen LogP contribution is 2.23. The number of methoxy groups -OCH3 is 1. The lowest BCUT2D eigenvalue weighted by atomic mass is 10.2. The lowest BCUT2D eigenvalue weighted by Gasteiger charge is -2.10. The first-order valence-corrected chi connectivity index (χ1v) is 6.33. The van der Waals surface area contributed by atoms with E-state index in [4.69, 9.17) is 9.47 Å². The molecule has 0 spiro atoms. The van der Waals surface area contributed by atoms with Crippen LogP contribution in [0.4, 0.5) is 0 Å². The van der Waals surface area contributed by atoms with E-state index in [1.54, 1.807) is 7.11 Å². The van der Waals surface area contributed by atoms with E-state index in [1.165, 1.54) is 6.33 Å². The fourth-order valence-electron chi connectivity index (χ4n) is 2.06. The maximum atomic E-state index is 5.82. The summed E-state index contributed by atoms with van der Waals surface area (Å²) >= 11 is 0. The molecule has 0 aliphatic heterocycles. The summed E-state index contributed by atoms with van der Waals surface area (Å²) < 4.78 is 11.1. The van der Waals surface area contributed by atoms with E-state index in [0.717, 1.165) is 22.2 Å². The molecule has 0 saturated carbocycles. The smallest absolute Gasteiger partial charge is 0.224 e. The molecule has 0 bridgehead atoms. The Kier molecular flexibility index (Phi) is 3.46. The second kappa shape index (κ2) is 5.57. The summed E-state index contributed by atoms with van der Waals surface area (Å²) in [4.78, 5) is 8.42. The molecule has 3 aromatic rings. The molecule has 2 aromatic carbocycles. The third-order valence-corrected chi connectivity index (χ3v) is 3.06. The third kappa shape index (κ3) is 2.40. The number of ether oxygens (including phenoxy) is 2. The van der Waals surface area contributed by atoms with Crippen molar-refractivity contribution in [1.29, 1.82) is 0 Å². The van der Waals surface area contributed by atoms with E-state index in [1.807, 2.05) is 48.5 Å². The van der Waals surface area contributed by atoms with Gasteiger partial charge < -0.3 is 9.47 Å². The Labute approximate surface area is 117 Å². The maximum Gasteiger partial charge on any atom is 0.224 e. The zero-order valence-electron chi connectivity index (χ0n) is 11.1. The van der Waals surface area contributed by atoms with Gasteiger partial charge in [-0.2, -0.15) is 0 Å². The van der Waals surface area contributed by atoms with Gasteiger partial charge in [0.15, 0.2) is 0 Å². The van der Waals surface area contributed by atoms with Crippen molar-refractivity contribution in [2.45, 2.75) is 6.61 Å². The van der Waals surface area contributed by atoms with E-state index >= 15 is 0 Å². The lowest BCUT2D eigenvalue weighted by Crippen LogP contribution is -2.00. The van der Waals surface area contributed by atoms with Crippen LogP contribution in [0.5, 0.6) is 11.6 Å². The van der Waals surface area contributed by atoms with Crippen molar-refractivity contribution < 1.29 is 9.47 Å². The highest BCUT2D eigenvalue weighted by Gasteiger charge is 2.06. The summed E-state index contributed by atoms with van der Waals surface area (Å²) in [6.07, 6.45) is 1.51. The number of fused-ring (bicyclic) bond motifs is 1. The summed E-state index contributed by atoms with van der Waals surface area (Å²) in [5, 5.41) is 0.907. The predicted octanol–water partition coefficient (Wildman–Crippen LogP) is 3.22. The molecular formula is C16H14N2O2. The number of nitrogens with zero attached hydrogens (tertiary/aromatic N) is 2. The van der Waals surface area contributed by atoms with Crippen molar-refractivity contribution in [3.05, 3.63) is 60.4 Å². The fourth-order valence-corrected chi connectivity index (χ4v) is 2.06. The number of rotatable bonds is 4. The van der Waals surface area contributed by atoms with Crippen molar-refractivity contribution >= 4 is 10.9 Å². The Balaban J connectivity index is 1.87. The summed E-state index contributed by atoms with van der Waals surface area (Å²) in [5.74, 6) is 1.40. The quantitative estimate of drug-likeness (QED) is 0.727. The van der Waals surface area contributed by atoms with Crippen LogP contribution < -0.4 is 9.47 Å². The molecule has 0 aliphatic rings. The molecule has 4 nitrogen and oxygen atoms in total. The summed E-state index contributed by atoms with van der Waals surface area (Å²) in [6.45, 7) is 0.408. The van der Waals surface area contributed by atoms with Crippen molar-refractivity contribution in [3.63, 3.8) is 0 Å². The van der Waals surface area contributed by atoms with Crippen LogP contribution in [0.2, 0.25) is 0 Å². The van der Waals surface area contributed by atoms with E-state index < -0.39 is 0 Å². The number of para-hydroxylation sites is 2. The molecule has 1 heterocycles. The summed E-state index contributed by atoms with van der Waals surface area (Å²) in [7, 11) is 1.65. The lowest BCUT2D eigenvalue weighted by molar-refractivity contribution is 0.289. The van der Waals surface area contributed by atoms with Crippen LogP contribution in [0.15, 0.2) is 54.9 Å². The van der Waals surface area contributed by atoms with Crippen LogP contribution in [0.25, 0.3) is 10.9 Å². The molecule has 4 heteroatoms. The first-order chi connectivity index (χ1) is 9.88. The van der Waals surface area contributed by atoms with E-state index in [2.05, 4.69) is 9.97 Å². The van der Waals surface area contributed by atoms with Gasteiger partial charge >= 0.3 is 0 Å². The number of hydrogen-bond acceptors (Lipinski definition) is 4. The van der Waals surface area contributed by atoms with Gasteiger partial charge in [-0.05, 0) is 18.2 Å². The van der Waals surface area contributed by atoms with Crippen LogP contribution in [0.1, 0.15) is 5.56 Å². The summed E-state index contributed by atoms with van der Waals surface area (Å²) in [5.41, 5.74) is 1.86. The molecule has 1 aromatic heterocycles. The first kappa shape index (κ1) is 12.4. The molecule has 0 unspecified atom stereocenters. The molecule has 0 radical (unpaired) electrons. The first-order valence-electron chi connectivity index (χ1n) is 6.33. The maximum absolute atomic E-state index is 5.82. The minimum Gasteiger partial charge on any atom is -0.496 e. The van der Waals surface area contributed by atoms with Crippen LogP contribution in [-0.2, 0) is 6.61 Å². The normalized spacial score (nSPS) is 10.4. The van der Waals surface area contributed by atoms with Gasteiger partial charge in [0.25, 0.3) is 0 Å². The standard InChI is InChI=1S/C16H14N2O2/c1-19-15-9-5-2-6-12(15)10-20-16-13-7-3-4-8-14(13)17-11-18-16/h2-9,11H,10H2,1H3. The Hall–Kier alpha value is -2.62. The molecule has 0 amide bonds. The van der Waals surface area contributed by atoms with Crippen molar-refractivity contribution in [2.24, 2.45) is 0 Å². The van der Waals surface area contributed by atoms with Gasteiger partial charge in [-0.3, -0.25) is 0 Å². The van der Waals surface area contributed by atoms with Crippen molar-refractivity contribution in [3.8, 4) is 11.6 Å². The van der Waals surface area contributed by atoms with Gasteiger partial charge in [0.1, 0.15) is 18.7 Å². The average molecular weight is 266 g/mol. The molecule has 3 rings (SSSR count). The van der Waals surface area contributed by atoms with E-state index in [9.17, 15) is 0 Å². The van der Waals surface area contributed by atoms with Crippen LogP contribution in [0.3, 0.4) is 0 Å². The predicted molar refractivity (Wildman–Crippen MR) is 76.9 cm³/mol. The van der Waals surface area contributed by atoms with Crippen LogP contribution >= 0.6 is 0 Å². The Morgan fingerprint density at radius 1 is 0.950 bits per heavy atom. The molecule has 0 fully saturated rings. The minimum absolute atomic E-state index is 0.408. The number of aromatic nitrogens is 2.